The van der Waals surface area contributed by atoms with Gasteiger partial charge in [0, 0.05) is 5.25 Å². The number of alkyl halides is 1. The highest BCUT2D eigenvalue weighted by atomic mass is 32.2. The second-order valence-corrected chi connectivity index (χ2v) is 4.75. The molecule has 1 rings (SSSR count). The summed E-state index contributed by atoms with van der Waals surface area (Å²) in [6.07, 6.45) is 3.48. The van der Waals surface area contributed by atoms with Crippen LogP contribution >= 0.6 is 11.9 Å². The van der Waals surface area contributed by atoms with E-state index in [1.165, 1.54) is 0 Å². The largest absolute Gasteiger partial charge is 0.267 e. The molecule has 1 aliphatic carbocycles. The van der Waals surface area contributed by atoms with Crippen molar-refractivity contribution in [1.29, 1.82) is 0 Å². The highest BCUT2D eigenvalue weighted by Gasteiger charge is 2.30. The fraction of sp³-hybridized carbons (Fsp3) is 1.00. The van der Waals surface area contributed by atoms with Gasteiger partial charge >= 0.3 is 0 Å². The lowest BCUT2D eigenvalue weighted by Gasteiger charge is -2.30. The first-order chi connectivity index (χ1) is 5.14. The summed E-state index contributed by atoms with van der Waals surface area (Å²) in [5.74, 6) is 0. The molecule has 1 N–H and O–H groups in total. The summed E-state index contributed by atoms with van der Waals surface area (Å²) >= 11 is 1.74. The zero-order valence-corrected chi connectivity index (χ0v) is 8.01. The minimum absolute atomic E-state index is 0.629. The molecular formula is C8H16FNS. The van der Waals surface area contributed by atoms with E-state index in [0.29, 0.717) is 5.25 Å². The number of rotatable bonds is 2. The van der Waals surface area contributed by atoms with Crippen LogP contribution in [0, 0.1) is 0 Å². The molecule has 0 saturated heterocycles. The fourth-order valence-electron chi connectivity index (χ4n) is 1.48. The summed E-state index contributed by atoms with van der Waals surface area (Å²) in [6, 6.07) is 0. The van der Waals surface area contributed by atoms with Crippen molar-refractivity contribution in [1.82, 2.24) is 4.72 Å². The van der Waals surface area contributed by atoms with E-state index in [9.17, 15) is 4.39 Å². The van der Waals surface area contributed by atoms with Gasteiger partial charge in [-0.05, 0) is 39.7 Å². The quantitative estimate of drug-likeness (QED) is 0.650. The molecule has 0 aliphatic heterocycles. The zero-order valence-electron chi connectivity index (χ0n) is 7.19. The molecule has 0 aromatic carbocycles. The summed E-state index contributed by atoms with van der Waals surface area (Å²) in [4.78, 5) is 0. The Balaban J connectivity index is 2.25. The Kier molecular flexibility index (Phi) is 3.19. The van der Waals surface area contributed by atoms with Gasteiger partial charge < -0.3 is 0 Å². The maximum atomic E-state index is 13.3. The van der Waals surface area contributed by atoms with E-state index in [-0.39, 0.29) is 0 Å². The molecule has 1 nitrogen and oxygen atoms in total. The highest BCUT2D eigenvalue weighted by molar-refractivity contribution is 7.98. The van der Waals surface area contributed by atoms with Gasteiger partial charge in [0.15, 0.2) is 0 Å². The molecule has 0 spiro atoms. The first-order valence-corrected chi connectivity index (χ1v) is 5.03. The van der Waals surface area contributed by atoms with Crippen molar-refractivity contribution >= 4 is 11.9 Å². The molecular weight excluding hydrogens is 161 g/mol. The standard InChI is InChI=1S/C8H16FNS/c1-8(9)5-3-7(4-6-8)11-10-2/h7,10H,3-6H2,1-2H3. The fourth-order valence-corrected chi connectivity index (χ4v) is 2.28. The Morgan fingerprint density at radius 3 is 2.45 bits per heavy atom. The third-order valence-electron chi connectivity index (χ3n) is 2.26. The van der Waals surface area contributed by atoms with Crippen LogP contribution in [0.3, 0.4) is 0 Å². The van der Waals surface area contributed by atoms with E-state index in [1.807, 2.05) is 7.05 Å². The topological polar surface area (TPSA) is 12.0 Å². The molecule has 1 fully saturated rings. The van der Waals surface area contributed by atoms with Gasteiger partial charge in [-0.3, -0.25) is 4.72 Å². The third-order valence-corrected chi connectivity index (χ3v) is 3.30. The summed E-state index contributed by atoms with van der Waals surface area (Å²) < 4.78 is 16.3. The van der Waals surface area contributed by atoms with Crippen molar-refractivity contribution in [3.8, 4) is 0 Å². The lowest BCUT2D eigenvalue weighted by molar-refractivity contribution is 0.132. The zero-order chi connectivity index (χ0) is 8.32. The highest BCUT2D eigenvalue weighted by Crippen LogP contribution is 2.35. The molecule has 11 heavy (non-hydrogen) atoms. The van der Waals surface area contributed by atoms with Gasteiger partial charge in [0.25, 0.3) is 0 Å². The molecule has 1 aliphatic rings. The maximum Gasteiger partial charge on any atom is 0.108 e. The van der Waals surface area contributed by atoms with Gasteiger partial charge in [0.05, 0.1) is 0 Å². The van der Waals surface area contributed by atoms with Crippen LogP contribution in [0.1, 0.15) is 32.6 Å². The lowest BCUT2D eigenvalue weighted by atomic mass is 9.88. The maximum absolute atomic E-state index is 13.3. The Morgan fingerprint density at radius 2 is 2.00 bits per heavy atom. The van der Waals surface area contributed by atoms with Crippen molar-refractivity contribution in [3.63, 3.8) is 0 Å². The molecule has 0 unspecified atom stereocenters. The van der Waals surface area contributed by atoms with Gasteiger partial charge in [-0.2, -0.15) is 0 Å². The van der Waals surface area contributed by atoms with Crippen LogP contribution in [0.25, 0.3) is 0 Å². The number of hydrogen-bond acceptors (Lipinski definition) is 2. The molecule has 3 heteroatoms. The van der Waals surface area contributed by atoms with Gasteiger partial charge in [0.2, 0.25) is 0 Å². The van der Waals surface area contributed by atoms with E-state index in [2.05, 4.69) is 4.72 Å². The van der Waals surface area contributed by atoms with E-state index >= 15 is 0 Å². The third kappa shape index (κ3) is 2.99. The Labute approximate surface area is 72.3 Å². The summed E-state index contributed by atoms with van der Waals surface area (Å²) in [5.41, 5.74) is -0.884. The molecule has 0 bridgehead atoms. The average Bonchev–Trinajstić information content (AvgIpc) is 1.94. The first kappa shape index (κ1) is 9.33. The second-order valence-electron chi connectivity index (χ2n) is 3.43. The molecule has 1 saturated carbocycles. The van der Waals surface area contributed by atoms with E-state index < -0.39 is 5.67 Å². The van der Waals surface area contributed by atoms with Crippen LogP contribution in [0.15, 0.2) is 0 Å². The van der Waals surface area contributed by atoms with Gasteiger partial charge in [-0.25, -0.2) is 4.39 Å². The second kappa shape index (κ2) is 3.76. The van der Waals surface area contributed by atoms with Crippen LogP contribution in [0.5, 0.6) is 0 Å². The number of nitrogens with one attached hydrogen (secondary N) is 1. The summed E-state index contributed by atoms with van der Waals surface area (Å²) in [7, 11) is 1.92. The van der Waals surface area contributed by atoms with Crippen LogP contribution < -0.4 is 4.72 Å². The minimum atomic E-state index is -0.884. The lowest BCUT2D eigenvalue weighted by Crippen LogP contribution is -2.28. The van der Waals surface area contributed by atoms with Crippen molar-refractivity contribution < 1.29 is 4.39 Å². The predicted molar refractivity (Wildman–Crippen MR) is 48.4 cm³/mol. The van der Waals surface area contributed by atoms with Crippen LogP contribution in [-0.2, 0) is 0 Å². The predicted octanol–water partition coefficient (Wildman–Crippen LogP) is 2.52. The Morgan fingerprint density at radius 1 is 1.45 bits per heavy atom. The van der Waals surface area contributed by atoms with Gasteiger partial charge in [-0.15, -0.1) is 0 Å². The van der Waals surface area contributed by atoms with Crippen molar-refractivity contribution in [2.24, 2.45) is 0 Å². The molecule has 0 atom stereocenters. The van der Waals surface area contributed by atoms with Crippen LogP contribution in [-0.4, -0.2) is 18.0 Å². The van der Waals surface area contributed by atoms with E-state index in [0.717, 1.165) is 25.7 Å². The van der Waals surface area contributed by atoms with Crippen molar-refractivity contribution in [3.05, 3.63) is 0 Å². The normalized spacial score (nSPS) is 39.0. The molecule has 0 heterocycles. The number of halogens is 1. The summed E-state index contributed by atoms with van der Waals surface area (Å²) in [5, 5.41) is 0.629. The molecule has 66 valence electrons. The van der Waals surface area contributed by atoms with E-state index in [4.69, 9.17) is 0 Å². The smallest absolute Gasteiger partial charge is 0.108 e. The molecule has 0 radical (unpaired) electrons. The number of hydrogen-bond donors (Lipinski definition) is 1. The first-order valence-electron chi connectivity index (χ1n) is 4.15. The van der Waals surface area contributed by atoms with Crippen LogP contribution in [0.2, 0.25) is 0 Å². The monoisotopic (exact) mass is 177 g/mol. The SMILES string of the molecule is CNSC1CCC(C)(F)CC1. The molecule has 0 aromatic rings. The van der Waals surface area contributed by atoms with Crippen molar-refractivity contribution in [2.45, 2.75) is 43.5 Å². The molecule has 0 amide bonds. The minimum Gasteiger partial charge on any atom is -0.267 e. The van der Waals surface area contributed by atoms with Gasteiger partial charge in [0.1, 0.15) is 5.67 Å². The van der Waals surface area contributed by atoms with Crippen LogP contribution in [0.4, 0.5) is 4.39 Å². The average molecular weight is 177 g/mol. The Bertz CT molecular complexity index is 117. The van der Waals surface area contributed by atoms with E-state index in [1.54, 1.807) is 18.9 Å². The van der Waals surface area contributed by atoms with Gasteiger partial charge in [-0.1, -0.05) is 11.9 Å². The van der Waals surface area contributed by atoms with Crippen molar-refractivity contribution in [2.75, 3.05) is 7.05 Å². The molecule has 0 aromatic heterocycles. The Hall–Kier alpha value is 0.240. The summed E-state index contributed by atoms with van der Waals surface area (Å²) in [6.45, 7) is 1.72.